The van der Waals surface area contributed by atoms with Crippen LogP contribution in [0, 0.1) is 5.41 Å². The highest BCUT2D eigenvalue weighted by Gasteiger charge is 2.44. The first kappa shape index (κ1) is 20.7. The number of benzene rings is 1. The van der Waals surface area contributed by atoms with E-state index in [0.717, 1.165) is 37.1 Å². The normalized spacial score (nSPS) is 18.3. The number of pyridine rings is 1. The minimum absolute atomic E-state index is 0.0869. The zero-order chi connectivity index (χ0) is 22.1. The summed E-state index contributed by atoms with van der Waals surface area (Å²) >= 11 is 0. The van der Waals surface area contributed by atoms with Crippen LogP contribution in [0.25, 0.3) is 5.65 Å². The largest absolute Gasteiger partial charge is 0.379 e. The van der Waals surface area contributed by atoms with Crippen molar-refractivity contribution in [2.24, 2.45) is 5.41 Å². The van der Waals surface area contributed by atoms with E-state index in [0.29, 0.717) is 31.2 Å². The van der Waals surface area contributed by atoms with Gasteiger partial charge in [-0.1, -0.05) is 12.1 Å². The quantitative estimate of drug-likeness (QED) is 0.673. The van der Waals surface area contributed by atoms with Crippen LogP contribution in [0.3, 0.4) is 0 Å². The number of rotatable bonds is 5. The minimum Gasteiger partial charge on any atom is -0.379 e. The fraction of sp³-hybridized carbons (Fsp3) is 0.400. The van der Waals surface area contributed by atoms with Crippen LogP contribution < -0.4 is 5.32 Å². The van der Waals surface area contributed by atoms with Crippen LogP contribution in [0.15, 0.2) is 55.0 Å². The Hall–Kier alpha value is -3.19. The van der Waals surface area contributed by atoms with E-state index in [-0.39, 0.29) is 17.2 Å². The van der Waals surface area contributed by atoms with E-state index >= 15 is 0 Å². The molecule has 0 saturated carbocycles. The van der Waals surface area contributed by atoms with Gasteiger partial charge in [-0.05, 0) is 61.1 Å². The number of nitrogens with one attached hydrogen (secondary N) is 1. The van der Waals surface area contributed by atoms with Gasteiger partial charge in [0.05, 0.1) is 18.6 Å². The van der Waals surface area contributed by atoms with Crippen LogP contribution in [-0.4, -0.2) is 52.4 Å². The van der Waals surface area contributed by atoms with Crippen LogP contribution in [0.1, 0.15) is 47.2 Å². The molecule has 0 radical (unpaired) electrons. The van der Waals surface area contributed by atoms with Crippen molar-refractivity contribution in [3.05, 3.63) is 71.7 Å². The molecule has 2 saturated heterocycles. The highest BCUT2D eigenvalue weighted by atomic mass is 16.5. The maximum Gasteiger partial charge on any atom is 0.251 e. The Morgan fingerprint density at radius 2 is 1.88 bits per heavy atom. The number of likely N-dealkylation sites (tertiary alicyclic amines) is 1. The van der Waals surface area contributed by atoms with Gasteiger partial charge in [0, 0.05) is 43.8 Å². The Morgan fingerprint density at radius 1 is 1.12 bits per heavy atom. The van der Waals surface area contributed by atoms with Crippen molar-refractivity contribution in [1.29, 1.82) is 0 Å². The Morgan fingerprint density at radius 3 is 2.56 bits per heavy atom. The maximum absolute atomic E-state index is 12.7. The number of carbonyl (C=O) groups is 2. The molecule has 0 spiro atoms. The van der Waals surface area contributed by atoms with Gasteiger partial charge in [0.25, 0.3) is 5.91 Å². The lowest BCUT2D eigenvalue weighted by molar-refractivity contribution is -0.169. The first-order valence-electron chi connectivity index (χ1n) is 11.2. The molecule has 5 rings (SSSR count). The molecule has 0 atom stereocenters. The summed E-state index contributed by atoms with van der Waals surface area (Å²) in [5.74, 6) is 0.556. The zero-order valence-electron chi connectivity index (χ0n) is 18.3. The van der Waals surface area contributed by atoms with Gasteiger partial charge in [-0.15, -0.1) is 0 Å². The molecular weight excluding hydrogens is 404 g/mol. The predicted octanol–water partition coefficient (Wildman–Crippen LogP) is 3.01. The van der Waals surface area contributed by atoms with Crippen LogP contribution in [0.4, 0.5) is 0 Å². The molecule has 2 fully saturated rings. The third kappa shape index (κ3) is 4.00. The molecule has 2 aliphatic heterocycles. The number of hydrogen-bond acceptors (Lipinski definition) is 4. The van der Waals surface area contributed by atoms with Gasteiger partial charge in [0.2, 0.25) is 5.91 Å². The Kier molecular flexibility index (Phi) is 5.43. The Labute approximate surface area is 187 Å². The summed E-state index contributed by atoms with van der Waals surface area (Å²) in [5, 5.41) is 2.98. The number of hydrogen-bond donors (Lipinski definition) is 1. The standard InChI is InChI=1S/C25H28N4O3/c1-25(16-32-17-25)24(31)29-11-7-20(8-12-29)19-2-4-21(5-3-19)23(30)27-15-18-6-10-28-13-9-26-22(28)14-18/h2-6,9-10,13-14,20H,7-8,11-12,15-17H2,1H3,(H,27,30). The first-order valence-corrected chi connectivity index (χ1v) is 11.2. The number of amides is 2. The predicted molar refractivity (Wildman–Crippen MR) is 120 cm³/mol. The van der Waals surface area contributed by atoms with E-state index < -0.39 is 0 Å². The van der Waals surface area contributed by atoms with Gasteiger partial charge in [-0.25, -0.2) is 4.98 Å². The number of aromatic nitrogens is 2. The number of nitrogens with zero attached hydrogens (tertiary/aromatic N) is 3. The van der Waals surface area contributed by atoms with Gasteiger partial charge in [-0.2, -0.15) is 0 Å². The van der Waals surface area contributed by atoms with Gasteiger partial charge >= 0.3 is 0 Å². The van der Waals surface area contributed by atoms with E-state index in [1.807, 2.05) is 52.9 Å². The summed E-state index contributed by atoms with van der Waals surface area (Å²) < 4.78 is 7.18. The number of ether oxygens (including phenoxy) is 1. The molecular formula is C25H28N4O3. The topological polar surface area (TPSA) is 75.9 Å². The summed E-state index contributed by atoms with van der Waals surface area (Å²) in [5.41, 5.74) is 3.44. The van der Waals surface area contributed by atoms with Crippen molar-refractivity contribution in [2.75, 3.05) is 26.3 Å². The number of imidazole rings is 1. The summed E-state index contributed by atoms with van der Waals surface area (Å²) in [4.78, 5) is 31.5. The lowest BCUT2D eigenvalue weighted by Crippen LogP contribution is -2.54. The molecule has 3 aromatic rings. The monoisotopic (exact) mass is 432 g/mol. The molecule has 0 unspecified atom stereocenters. The van der Waals surface area contributed by atoms with Crippen molar-refractivity contribution < 1.29 is 14.3 Å². The molecule has 166 valence electrons. The van der Waals surface area contributed by atoms with Crippen molar-refractivity contribution >= 4 is 17.5 Å². The summed E-state index contributed by atoms with van der Waals surface area (Å²) in [7, 11) is 0. The summed E-state index contributed by atoms with van der Waals surface area (Å²) in [6, 6.07) is 11.8. The molecule has 1 N–H and O–H groups in total. The van der Waals surface area contributed by atoms with Gasteiger partial charge in [-0.3, -0.25) is 9.59 Å². The molecule has 2 aliphatic rings. The molecule has 7 nitrogen and oxygen atoms in total. The second-order valence-corrected chi connectivity index (χ2v) is 9.15. The van der Waals surface area contributed by atoms with E-state index in [1.165, 1.54) is 5.56 Å². The van der Waals surface area contributed by atoms with Crippen LogP contribution in [0.2, 0.25) is 0 Å². The third-order valence-electron chi connectivity index (χ3n) is 6.70. The van der Waals surface area contributed by atoms with Crippen LogP contribution >= 0.6 is 0 Å². The van der Waals surface area contributed by atoms with Gasteiger partial charge in [0.1, 0.15) is 5.65 Å². The van der Waals surface area contributed by atoms with E-state index in [4.69, 9.17) is 4.74 Å². The SMILES string of the molecule is CC1(C(=O)N2CCC(c3ccc(C(=O)NCc4ccn5ccnc5c4)cc3)CC2)COC1. The van der Waals surface area contributed by atoms with Crippen molar-refractivity contribution in [3.63, 3.8) is 0 Å². The molecule has 0 aliphatic carbocycles. The number of piperidine rings is 1. The lowest BCUT2D eigenvalue weighted by Gasteiger charge is -2.42. The third-order valence-corrected chi connectivity index (χ3v) is 6.70. The molecule has 1 aromatic carbocycles. The molecule has 2 amide bonds. The van der Waals surface area contributed by atoms with Crippen molar-refractivity contribution in [1.82, 2.24) is 19.6 Å². The Bertz CT molecular complexity index is 1130. The Balaban J connectivity index is 1.14. The van der Waals surface area contributed by atoms with Crippen molar-refractivity contribution in [3.8, 4) is 0 Å². The maximum atomic E-state index is 12.7. The number of fused-ring (bicyclic) bond motifs is 1. The average molecular weight is 433 g/mol. The molecule has 7 heteroatoms. The van der Waals surface area contributed by atoms with Gasteiger partial charge in [0.15, 0.2) is 0 Å². The second-order valence-electron chi connectivity index (χ2n) is 9.15. The van der Waals surface area contributed by atoms with E-state index in [2.05, 4.69) is 22.4 Å². The minimum atomic E-state index is -0.327. The second kappa shape index (κ2) is 8.39. The summed E-state index contributed by atoms with van der Waals surface area (Å²) in [6.07, 6.45) is 7.49. The molecule has 4 heterocycles. The fourth-order valence-corrected chi connectivity index (χ4v) is 4.58. The highest BCUT2D eigenvalue weighted by Crippen LogP contribution is 2.33. The van der Waals surface area contributed by atoms with Crippen LogP contribution in [0.5, 0.6) is 0 Å². The first-order chi connectivity index (χ1) is 15.5. The highest BCUT2D eigenvalue weighted by molar-refractivity contribution is 5.94. The molecule has 2 aromatic heterocycles. The fourth-order valence-electron chi connectivity index (χ4n) is 4.58. The summed E-state index contributed by atoms with van der Waals surface area (Å²) in [6.45, 7) is 5.08. The lowest BCUT2D eigenvalue weighted by atomic mass is 9.84. The molecule has 0 bridgehead atoms. The van der Waals surface area contributed by atoms with Gasteiger partial charge < -0.3 is 19.4 Å². The smallest absolute Gasteiger partial charge is 0.251 e. The van der Waals surface area contributed by atoms with Crippen LogP contribution in [-0.2, 0) is 16.1 Å². The van der Waals surface area contributed by atoms with Crippen molar-refractivity contribution in [2.45, 2.75) is 32.2 Å². The van der Waals surface area contributed by atoms with E-state index in [9.17, 15) is 9.59 Å². The molecule has 32 heavy (non-hydrogen) atoms. The van der Waals surface area contributed by atoms with E-state index in [1.54, 1.807) is 6.20 Å². The zero-order valence-corrected chi connectivity index (χ0v) is 18.3. The number of carbonyl (C=O) groups excluding carboxylic acids is 2. The average Bonchev–Trinajstić information content (AvgIpc) is 3.29.